The summed E-state index contributed by atoms with van der Waals surface area (Å²) in [7, 11) is 0. The van der Waals surface area contributed by atoms with Crippen molar-refractivity contribution in [3.05, 3.63) is 45.6 Å². The third-order valence-electron chi connectivity index (χ3n) is 2.28. The van der Waals surface area contributed by atoms with E-state index in [4.69, 9.17) is 11.6 Å². The SMILES string of the molecule is CC(NCc1ccncc1Cl)c1nccs1. The number of aromatic nitrogens is 2. The van der Waals surface area contributed by atoms with Gasteiger partial charge in [0.05, 0.1) is 11.1 Å². The molecule has 0 aliphatic carbocycles. The average molecular weight is 254 g/mol. The van der Waals surface area contributed by atoms with Crippen LogP contribution in [0, 0.1) is 0 Å². The van der Waals surface area contributed by atoms with Crippen molar-refractivity contribution < 1.29 is 0 Å². The Balaban J connectivity index is 1.95. The smallest absolute Gasteiger partial charge is 0.109 e. The van der Waals surface area contributed by atoms with Crippen LogP contribution in [0.1, 0.15) is 23.5 Å². The average Bonchev–Trinajstić information content (AvgIpc) is 2.81. The van der Waals surface area contributed by atoms with Crippen LogP contribution in [0.25, 0.3) is 0 Å². The van der Waals surface area contributed by atoms with Crippen LogP contribution in [0.4, 0.5) is 0 Å². The summed E-state index contributed by atoms with van der Waals surface area (Å²) in [4.78, 5) is 8.21. The van der Waals surface area contributed by atoms with Gasteiger partial charge in [0.2, 0.25) is 0 Å². The van der Waals surface area contributed by atoms with E-state index in [-0.39, 0.29) is 6.04 Å². The molecule has 1 atom stereocenters. The molecular weight excluding hydrogens is 242 g/mol. The lowest BCUT2D eigenvalue weighted by Gasteiger charge is -2.11. The second kappa shape index (κ2) is 5.39. The summed E-state index contributed by atoms with van der Waals surface area (Å²) in [6, 6.07) is 2.16. The first-order valence-corrected chi connectivity index (χ1v) is 6.24. The van der Waals surface area contributed by atoms with Crippen LogP contribution in [0.5, 0.6) is 0 Å². The van der Waals surface area contributed by atoms with E-state index in [1.54, 1.807) is 23.7 Å². The molecule has 16 heavy (non-hydrogen) atoms. The Morgan fingerprint density at radius 2 is 2.38 bits per heavy atom. The lowest BCUT2D eigenvalue weighted by Crippen LogP contribution is -2.18. The Morgan fingerprint density at radius 3 is 3.06 bits per heavy atom. The van der Waals surface area contributed by atoms with Crippen molar-refractivity contribution in [1.29, 1.82) is 0 Å². The quantitative estimate of drug-likeness (QED) is 0.910. The van der Waals surface area contributed by atoms with E-state index in [1.807, 2.05) is 17.6 Å². The molecule has 1 N–H and O–H groups in total. The summed E-state index contributed by atoms with van der Waals surface area (Å²) >= 11 is 7.67. The van der Waals surface area contributed by atoms with E-state index in [0.717, 1.165) is 17.1 Å². The Labute approximate surface area is 104 Å². The van der Waals surface area contributed by atoms with Crippen molar-refractivity contribution in [2.75, 3.05) is 0 Å². The van der Waals surface area contributed by atoms with E-state index in [0.29, 0.717) is 5.02 Å². The van der Waals surface area contributed by atoms with Gasteiger partial charge in [0.25, 0.3) is 0 Å². The topological polar surface area (TPSA) is 37.8 Å². The van der Waals surface area contributed by atoms with Gasteiger partial charge in [-0.25, -0.2) is 4.98 Å². The molecule has 1 unspecified atom stereocenters. The van der Waals surface area contributed by atoms with Crippen LogP contribution in [0.15, 0.2) is 30.0 Å². The number of hydrogen-bond acceptors (Lipinski definition) is 4. The zero-order chi connectivity index (χ0) is 11.4. The normalized spacial score (nSPS) is 12.6. The third kappa shape index (κ3) is 2.78. The maximum atomic E-state index is 6.02. The van der Waals surface area contributed by atoms with Gasteiger partial charge in [-0.05, 0) is 18.6 Å². The highest BCUT2D eigenvalue weighted by atomic mass is 35.5. The van der Waals surface area contributed by atoms with Crippen molar-refractivity contribution in [1.82, 2.24) is 15.3 Å². The van der Waals surface area contributed by atoms with E-state index >= 15 is 0 Å². The van der Waals surface area contributed by atoms with Crippen molar-refractivity contribution in [2.24, 2.45) is 0 Å². The zero-order valence-electron chi connectivity index (χ0n) is 8.85. The van der Waals surface area contributed by atoms with Crippen LogP contribution < -0.4 is 5.32 Å². The number of thiazole rings is 1. The molecule has 2 heterocycles. The second-order valence-electron chi connectivity index (χ2n) is 3.44. The molecule has 84 valence electrons. The molecule has 0 radical (unpaired) electrons. The Bertz CT molecular complexity index is 444. The number of halogens is 1. The molecule has 2 rings (SSSR count). The van der Waals surface area contributed by atoms with Crippen LogP contribution in [0.3, 0.4) is 0 Å². The van der Waals surface area contributed by atoms with Crippen molar-refractivity contribution in [3.8, 4) is 0 Å². The fourth-order valence-corrected chi connectivity index (χ4v) is 2.20. The molecule has 2 aromatic rings. The standard InChI is InChI=1S/C11H12ClN3S/c1-8(11-14-4-5-16-11)15-6-9-2-3-13-7-10(9)12/h2-5,7-8,15H,6H2,1H3. The first-order chi connectivity index (χ1) is 7.77. The van der Waals surface area contributed by atoms with Crippen LogP contribution in [0.2, 0.25) is 5.02 Å². The highest BCUT2D eigenvalue weighted by Crippen LogP contribution is 2.17. The number of hydrogen-bond donors (Lipinski definition) is 1. The highest BCUT2D eigenvalue weighted by Gasteiger charge is 2.08. The van der Waals surface area contributed by atoms with Gasteiger partial charge in [-0.2, -0.15) is 0 Å². The Hall–Kier alpha value is -0.970. The van der Waals surface area contributed by atoms with Gasteiger partial charge in [-0.3, -0.25) is 4.98 Å². The summed E-state index contributed by atoms with van der Waals surface area (Å²) in [6.07, 6.45) is 5.22. The third-order valence-corrected chi connectivity index (χ3v) is 3.58. The van der Waals surface area contributed by atoms with Crippen molar-refractivity contribution >= 4 is 22.9 Å². The first-order valence-electron chi connectivity index (χ1n) is 4.98. The van der Waals surface area contributed by atoms with Crippen LogP contribution >= 0.6 is 22.9 Å². The molecule has 2 aromatic heterocycles. The van der Waals surface area contributed by atoms with Gasteiger partial charge in [0.1, 0.15) is 5.01 Å². The number of rotatable bonds is 4. The van der Waals surface area contributed by atoms with Crippen molar-refractivity contribution in [2.45, 2.75) is 19.5 Å². The predicted molar refractivity (Wildman–Crippen MR) is 66.6 cm³/mol. The monoisotopic (exact) mass is 253 g/mol. The summed E-state index contributed by atoms with van der Waals surface area (Å²) in [5, 5.41) is 7.14. The number of nitrogens with zero attached hydrogens (tertiary/aromatic N) is 2. The summed E-state index contributed by atoms with van der Waals surface area (Å²) < 4.78 is 0. The fraction of sp³-hybridized carbons (Fsp3) is 0.273. The molecule has 0 aliphatic rings. The summed E-state index contributed by atoms with van der Waals surface area (Å²) in [6.45, 7) is 2.82. The molecule has 0 fully saturated rings. The minimum absolute atomic E-state index is 0.240. The molecular formula is C11H12ClN3S. The first kappa shape index (κ1) is 11.5. The van der Waals surface area contributed by atoms with E-state index in [9.17, 15) is 0 Å². The zero-order valence-corrected chi connectivity index (χ0v) is 10.4. The van der Waals surface area contributed by atoms with Crippen LogP contribution in [-0.2, 0) is 6.54 Å². The van der Waals surface area contributed by atoms with Crippen LogP contribution in [-0.4, -0.2) is 9.97 Å². The van der Waals surface area contributed by atoms with Gasteiger partial charge in [-0.15, -0.1) is 11.3 Å². The van der Waals surface area contributed by atoms with E-state index in [1.165, 1.54) is 0 Å². The Morgan fingerprint density at radius 1 is 1.50 bits per heavy atom. The van der Waals surface area contributed by atoms with Gasteiger partial charge in [0, 0.05) is 30.5 Å². The predicted octanol–water partition coefficient (Wildman–Crippen LogP) is 3.04. The largest absolute Gasteiger partial charge is 0.304 e. The van der Waals surface area contributed by atoms with Gasteiger partial charge in [-0.1, -0.05) is 11.6 Å². The molecule has 0 saturated carbocycles. The molecule has 0 saturated heterocycles. The maximum Gasteiger partial charge on any atom is 0.109 e. The molecule has 0 bridgehead atoms. The minimum atomic E-state index is 0.240. The second-order valence-corrected chi connectivity index (χ2v) is 4.77. The number of pyridine rings is 1. The molecule has 0 aliphatic heterocycles. The molecule has 0 aromatic carbocycles. The lowest BCUT2D eigenvalue weighted by atomic mass is 10.2. The van der Waals surface area contributed by atoms with Gasteiger partial charge in [0.15, 0.2) is 0 Å². The summed E-state index contributed by atoms with van der Waals surface area (Å²) in [5.74, 6) is 0. The molecule has 0 spiro atoms. The maximum absolute atomic E-state index is 6.02. The lowest BCUT2D eigenvalue weighted by molar-refractivity contribution is 0.571. The minimum Gasteiger partial charge on any atom is -0.304 e. The summed E-state index contributed by atoms with van der Waals surface area (Å²) in [5.41, 5.74) is 1.06. The molecule has 5 heteroatoms. The van der Waals surface area contributed by atoms with Gasteiger partial charge >= 0.3 is 0 Å². The fourth-order valence-electron chi connectivity index (χ4n) is 1.35. The molecule has 3 nitrogen and oxygen atoms in total. The van der Waals surface area contributed by atoms with E-state index < -0.39 is 0 Å². The molecule has 0 amide bonds. The number of nitrogens with one attached hydrogen (secondary N) is 1. The Kier molecular flexibility index (Phi) is 3.88. The van der Waals surface area contributed by atoms with Crippen molar-refractivity contribution in [3.63, 3.8) is 0 Å². The highest BCUT2D eigenvalue weighted by molar-refractivity contribution is 7.09. The van der Waals surface area contributed by atoms with E-state index in [2.05, 4.69) is 22.2 Å². The van der Waals surface area contributed by atoms with Gasteiger partial charge < -0.3 is 5.32 Å².